The third kappa shape index (κ3) is 9.69. The van der Waals surface area contributed by atoms with Crippen LogP contribution in [0.4, 0.5) is 0 Å². The molecule has 95 heavy (non-hydrogen) atoms. The molecule has 4 nitrogen and oxygen atoms in total. The highest BCUT2D eigenvalue weighted by Crippen LogP contribution is 2.49. The smallest absolute Gasteiger partial charge is 0.252 e. The van der Waals surface area contributed by atoms with Crippen molar-refractivity contribution >= 4 is 66.7 Å². The Hall–Kier alpha value is -9.84. The van der Waals surface area contributed by atoms with Gasteiger partial charge in [-0.15, -0.1) is 0 Å². The van der Waals surface area contributed by atoms with Gasteiger partial charge in [-0.25, -0.2) is 9.97 Å². The molecule has 3 aromatic heterocycles. The third-order valence-corrected chi connectivity index (χ3v) is 22.2. The molecule has 2 aliphatic carbocycles. The molecule has 0 atom stereocenters. The standard InChI is InChI=1S/C90H79BN4/c1-89(2,3)69-37-43-79-73(53-69)83-71(60-33-21-11-22-34-60)39-41-75-86(83)94(79)81-51-67(52-82-85(81)91(75)76-42-40-72(61-35-23-12-24-36-61)84-74-54-70(90(4,5)6)38-44-80(74)95(82)87(76)84)78-55-77(66-47-62(56-25-13-7-14-26-56)45-63(48-66)57-27-15-8-16-28-57)92-88(93-78)68-49-64(58-29-17-9-18-30-58)46-65(50-68)59-31-19-10-20-32-59/h7-10,13-20,25-32,37-55,60-61H,11-12,21-24,33-36H2,1-6H3. The second-order valence-corrected chi connectivity index (χ2v) is 30.1. The molecular formula is C90H79BN4. The van der Waals surface area contributed by atoms with Crippen molar-refractivity contribution in [2.24, 2.45) is 0 Å². The van der Waals surface area contributed by atoms with Gasteiger partial charge in [-0.1, -0.05) is 238 Å². The van der Waals surface area contributed by atoms with Crippen molar-refractivity contribution < 1.29 is 0 Å². The van der Waals surface area contributed by atoms with E-state index in [0.29, 0.717) is 17.7 Å². The lowest BCUT2D eigenvalue weighted by Gasteiger charge is -2.35. The van der Waals surface area contributed by atoms with Gasteiger partial charge in [-0.3, -0.25) is 0 Å². The predicted octanol–water partition coefficient (Wildman–Crippen LogP) is 22.2. The van der Waals surface area contributed by atoms with Gasteiger partial charge in [0.1, 0.15) is 0 Å². The van der Waals surface area contributed by atoms with Crippen molar-refractivity contribution in [3.63, 3.8) is 0 Å². The molecule has 5 heteroatoms. The molecule has 11 aromatic carbocycles. The summed E-state index contributed by atoms with van der Waals surface area (Å²) in [5, 5.41) is 5.65. The number of hydrogen-bond acceptors (Lipinski definition) is 2. The summed E-state index contributed by atoms with van der Waals surface area (Å²) >= 11 is 0. The van der Waals surface area contributed by atoms with Crippen molar-refractivity contribution in [3.05, 3.63) is 259 Å². The summed E-state index contributed by atoms with van der Waals surface area (Å²) in [7, 11) is 0. The van der Waals surface area contributed by atoms with Gasteiger partial charge in [0.25, 0.3) is 6.71 Å². The Morgan fingerprint density at radius 3 is 1.07 bits per heavy atom. The van der Waals surface area contributed by atoms with Crippen LogP contribution in [0.15, 0.2) is 237 Å². The van der Waals surface area contributed by atoms with Crippen molar-refractivity contribution in [3.8, 4) is 89.8 Å². The summed E-state index contributed by atoms with van der Waals surface area (Å²) in [4.78, 5) is 11.8. The average molecular weight is 1230 g/mol. The predicted molar refractivity (Wildman–Crippen MR) is 402 cm³/mol. The lowest BCUT2D eigenvalue weighted by atomic mass is 9.34. The van der Waals surface area contributed by atoms with Gasteiger partial charge >= 0.3 is 0 Å². The fourth-order valence-corrected chi connectivity index (χ4v) is 17.3. The maximum atomic E-state index is 5.98. The third-order valence-electron chi connectivity index (χ3n) is 22.2. The summed E-state index contributed by atoms with van der Waals surface area (Å²) in [6.07, 6.45) is 12.7. The van der Waals surface area contributed by atoms with E-state index in [-0.39, 0.29) is 17.5 Å². The molecular weight excluding hydrogens is 1150 g/mol. The summed E-state index contributed by atoms with van der Waals surface area (Å²) < 4.78 is 5.46. The van der Waals surface area contributed by atoms with Crippen LogP contribution in [0.25, 0.3) is 133 Å². The Morgan fingerprint density at radius 2 is 0.695 bits per heavy atom. The van der Waals surface area contributed by atoms with Crippen LogP contribution in [-0.2, 0) is 10.8 Å². The number of rotatable bonds is 9. The number of hydrogen-bond donors (Lipinski definition) is 0. The van der Waals surface area contributed by atoms with Crippen LogP contribution in [0.3, 0.4) is 0 Å². The molecule has 5 heterocycles. The molecule has 462 valence electrons. The largest absolute Gasteiger partial charge is 0.310 e. The molecule has 2 saturated carbocycles. The number of fused-ring (bicyclic) bond motifs is 10. The molecule has 4 aliphatic rings. The van der Waals surface area contributed by atoms with E-state index in [4.69, 9.17) is 9.97 Å². The van der Waals surface area contributed by atoms with Crippen LogP contribution in [-0.4, -0.2) is 25.8 Å². The summed E-state index contributed by atoms with van der Waals surface area (Å²) in [6, 6.07) is 90.0. The van der Waals surface area contributed by atoms with E-state index in [1.54, 1.807) is 0 Å². The Bertz CT molecular complexity index is 4940. The zero-order valence-electron chi connectivity index (χ0n) is 55.6. The average Bonchev–Trinajstić information content (AvgIpc) is 1.56. The number of aromatic nitrogens is 4. The Kier molecular flexibility index (Phi) is 13.6. The van der Waals surface area contributed by atoms with Crippen LogP contribution in [0.5, 0.6) is 0 Å². The Labute approximate surface area is 559 Å². The minimum absolute atomic E-state index is 0.0107. The van der Waals surface area contributed by atoms with Crippen molar-refractivity contribution in [1.82, 2.24) is 19.1 Å². The van der Waals surface area contributed by atoms with E-state index in [1.165, 1.54) is 158 Å². The highest BCUT2D eigenvalue weighted by Gasteiger charge is 2.43. The highest BCUT2D eigenvalue weighted by molar-refractivity contribution is 7.00. The van der Waals surface area contributed by atoms with Gasteiger partial charge in [0.2, 0.25) is 0 Å². The summed E-state index contributed by atoms with van der Waals surface area (Å²) in [5.74, 6) is 1.70. The van der Waals surface area contributed by atoms with Crippen LogP contribution in [0.1, 0.15) is 140 Å². The molecule has 0 amide bonds. The summed E-state index contributed by atoms with van der Waals surface area (Å²) in [5.41, 5.74) is 31.6. The molecule has 0 unspecified atom stereocenters. The van der Waals surface area contributed by atoms with Crippen LogP contribution < -0.4 is 16.4 Å². The zero-order chi connectivity index (χ0) is 63.8. The van der Waals surface area contributed by atoms with Gasteiger partial charge in [-0.05, 0) is 210 Å². The summed E-state index contributed by atoms with van der Waals surface area (Å²) in [6.45, 7) is 14.2. The molecule has 0 N–H and O–H groups in total. The van der Waals surface area contributed by atoms with E-state index < -0.39 is 0 Å². The first kappa shape index (κ1) is 57.8. The minimum atomic E-state index is -0.0361. The highest BCUT2D eigenvalue weighted by atomic mass is 15.0. The van der Waals surface area contributed by atoms with Crippen molar-refractivity contribution in [1.29, 1.82) is 0 Å². The van der Waals surface area contributed by atoms with E-state index in [2.05, 4.69) is 287 Å². The fourth-order valence-electron chi connectivity index (χ4n) is 17.3. The SMILES string of the molecule is CC(C)(C)c1ccc2c(c1)c1c(C3CCCCC3)ccc3c1n2-c1cc(-c2cc(-c4cc(-c5ccccc5)cc(-c5ccccc5)c4)nc(-c4cc(-c5ccccc5)cc(-c5ccccc5)c4)n2)cc2c1B3c1ccc(C3CCCCC3)c3c4cc(C(C)(C)C)ccc4n-2c13. The molecule has 0 radical (unpaired) electrons. The van der Waals surface area contributed by atoms with Gasteiger partial charge in [-0.2, -0.15) is 0 Å². The lowest BCUT2D eigenvalue weighted by molar-refractivity contribution is 0.445. The molecule has 0 spiro atoms. The molecule has 0 bridgehead atoms. The van der Waals surface area contributed by atoms with Crippen LogP contribution in [0, 0.1) is 0 Å². The Morgan fingerprint density at radius 1 is 0.337 bits per heavy atom. The van der Waals surface area contributed by atoms with E-state index in [0.717, 1.165) is 72.6 Å². The minimum Gasteiger partial charge on any atom is -0.310 e. The van der Waals surface area contributed by atoms with Crippen molar-refractivity contribution in [2.75, 3.05) is 0 Å². The molecule has 0 saturated heterocycles. The second-order valence-electron chi connectivity index (χ2n) is 30.1. The van der Waals surface area contributed by atoms with Gasteiger partial charge < -0.3 is 9.13 Å². The maximum absolute atomic E-state index is 5.98. The molecule has 2 aliphatic heterocycles. The van der Waals surface area contributed by atoms with Crippen molar-refractivity contribution in [2.45, 2.75) is 128 Å². The number of benzene rings is 11. The first-order valence-electron chi connectivity index (χ1n) is 35.2. The van der Waals surface area contributed by atoms with E-state index in [1.807, 2.05) is 0 Å². The van der Waals surface area contributed by atoms with E-state index in [9.17, 15) is 0 Å². The molecule has 2 fully saturated rings. The lowest BCUT2D eigenvalue weighted by Crippen LogP contribution is -2.59. The quantitative estimate of drug-likeness (QED) is 0.135. The van der Waals surface area contributed by atoms with Gasteiger partial charge in [0, 0.05) is 60.6 Å². The monoisotopic (exact) mass is 1230 g/mol. The molecule has 18 rings (SSSR count). The second kappa shape index (κ2) is 22.4. The first-order chi connectivity index (χ1) is 46.4. The topological polar surface area (TPSA) is 35.6 Å². The zero-order valence-corrected chi connectivity index (χ0v) is 55.6. The normalized spacial score (nSPS) is 14.9. The first-order valence-corrected chi connectivity index (χ1v) is 35.2. The van der Waals surface area contributed by atoms with Gasteiger partial charge in [0.15, 0.2) is 5.82 Å². The van der Waals surface area contributed by atoms with E-state index >= 15 is 0 Å². The molecule has 14 aromatic rings. The van der Waals surface area contributed by atoms with Crippen LogP contribution in [0.2, 0.25) is 0 Å². The van der Waals surface area contributed by atoms with Crippen LogP contribution >= 0.6 is 0 Å². The number of nitrogens with zero attached hydrogens (tertiary/aromatic N) is 4. The Balaban J connectivity index is 0.977. The van der Waals surface area contributed by atoms with Gasteiger partial charge in [0.05, 0.1) is 22.4 Å². The maximum Gasteiger partial charge on any atom is 0.252 e. The fraction of sp³-hybridized carbons (Fsp3) is 0.222.